The summed E-state index contributed by atoms with van der Waals surface area (Å²) in [5.41, 5.74) is 0.459. The summed E-state index contributed by atoms with van der Waals surface area (Å²) in [5, 5.41) is 21.7. The molecule has 0 aliphatic rings. The Hall–Kier alpha value is -2.28. The molecule has 3 aromatic rings. The van der Waals surface area contributed by atoms with Gasteiger partial charge in [-0.2, -0.15) is 0 Å². The van der Waals surface area contributed by atoms with Crippen LogP contribution in [-0.2, 0) is 4.79 Å². The predicted molar refractivity (Wildman–Crippen MR) is 95.1 cm³/mol. The molecule has 0 unspecified atom stereocenters. The van der Waals surface area contributed by atoms with Crippen LogP contribution in [0.4, 0.5) is 0 Å². The molecule has 0 saturated carbocycles. The minimum Gasteiger partial charge on any atom is -0.478 e. The largest absolute Gasteiger partial charge is 0.478 e. The first kappa shape index (κ1) is 16.6. The Morgan fingerprint density at radius 1 is 1.21 bits per heavy atom. The third-order valence-corrected chi connectivity index (χ3v) is 4.79. The second-order valence-electron chi connectivity index (χ2n) is 4.87. The molecule has 0 fully saturated rings. The summed E-state index contributed by atoms with van der Waals surface area (Å²) in [6, 6.07) is 6.39. The Labute approximate surface area is 149 Å². The first-order valence-electron chi connectivity index (χ1n) is 6.61. The molecule has 0 saturated heterocycles. The molecule has 1 aromatic carbocycles. The molecule has 8 heteroatoms. The maximum Gasteiger partial charge on any atom is 0.352 e. The van der Waals surface area contributed by atoms with Crippen molar-refractivity contribution in [3.63, 3.8) is 0 Å². The van der Waals surface area contributed by atoms with Crippen molar-refractivity contribution in [2.24, 2.45) is 0 Å². The van der Waals surface area contributed by atoms with Crippen LogP contribution in [0.15, 0.2) is 29.6 Å². The zero-order chi connectivity index (χ0) is 17.4. The SMILES string of the molecule is O=C(O)/C(=C\c1c(C(=O)O)[nH]c2cc(Cl)cc(Cl)c12)c1cccs1. The quantitative estimate of drug-likeness (QED) is 0.562. The number of hydrogen-bond acceptors (Lipinski definition) is 3. The highest BCUT2D eigenvalue weighted by molar-refractivity contribution is 7.11. The molecule has 0 atom stereocenters. The number of fused-ring (bicyclic) bond motifs is 1. The molecule has 122 valence electrons. The normalized spacial score (nSPS) is 11.8. The van der Waals surface area contributed by atoms with Crippen molar-refractivity contribution in [1.29, 1.82) is 0 Å². The van der Waals surface area contributed by atoms with Crippen molar-refractivity contribution in [2.75, 3.05) is 0 Å². The molecule has 24 heavy (non-hydrogen) atoms. The minimum absolute atomic E-state index is 0.0144. The third kappa shape index (κ3) is 2.91. The number of nitrogens with one attached hydrogen (secondary N) is 1. The molecule has 3 N–H and O–H groups in total. The first-order valence-corrected chi connectivity index (χ1v) is 8.25. The summed E-state index contributed by atoms with van der Waals surface area (Å²) < 4.78 is 0. The Kier molecular flexibility index (Phi) is 4.36. The van der Waals surface area contributed by atoms with E-state index < -0.39 is 11.9 Å². The molecule has 2 heterocycles. The number of hydrogen-bond donors (Lipinski definition) is 3. The van der Waals surface area contributed by atoms with Crippen LogP contribution >= 0.6 is 34.5 Å². The van der Waals surface area contributed by atoms with Gasteiger partial charge in [0.1, 0.15) is 5.69 Å². The molecule has 0 spiro atoms. The van der Waals surface area contributed by atoms with Gasteiger partial charge in [0, 0.05) is 26.4 Å². The van der Waals surface area contributed by atoms with Gasteiger partial charge in [-0.1, -0.05) is 29.3 Å². The maximum atomic E-state index is 11.6. The van der Waals surface area contributed by atoms with Gasteiger partial charge in [-0.15, -0.1) is 11.3 Å². The Balaban J connectivity index is 2.35. The fraction of sp³-hybridized carbons (Fsp3) is 0. The van der Waals surface area contributed by atoms with Gasteiger partial charge in [-0.3, -0.25) is 0 Å². The number of benzene rings is 1. The highest BCUT2D eigenvalue weighted by Crippen LogP contribution is 2.35. The van der Waals surface area contributed by atoms with Crippen LogP contribution in [0.25, 0.3) is 22.6 Å². The van der Waals surface area contributed by atoms with Crippen LogP contribution in [0.1, 0.15) is 20.9 Å². The standard InChI is InChI=1S/C16H9Cl2NO4S/c17-7-4-10(18)13-9(14(16(22)23)19-11(13)5-7)6-8(15(20)21)12-2-1-3-24-12/h1-6,19H,(H,20,21)(H,22,23)/b8-6-. The summed E-state index contributed by atoms with van der Waals surface area (Å²) in [6.07, 6.45) is 1.32. The fourth-order valence-corrected chi connectivity index (χ4v) is 3.73. The Morgan fingerprint density at radius 3 is 2.54 bits per heavy atom. The van der Waals surface area contributed by atoms with Crippen molar-refractivity contribution >= 4 is 69.0 Å². The first-order chi connectivity index (χ1) is 11.4. The Morgan fingerprint density at radius 2 is 1.96 bits per heavy atom. The number of carboxylic acids is 2. The molecular weight excluding hydrogens is 373 g/mol. The van der Waals surface area contributed by atoms with Crippen molar-refractivity contribution in [2.45, 2.75) is 0 Å². The lowest BCUT2D eigenvalue weighted by atomic mass is 10.1. The average molecular weight is 382 g/mol. The molecule has 2 aromatic heterocycles. The number of H-pyrrole nitrogens is 1. The molecule has 5 nitrogen and oxygen atoms in total. The summed E-state index contributed by atoms with van der Waals surface area (Å²) in [4.78, 5) is 26.4. The van der Waals surface area contributed by atoms with E-state index in [4.69, 9.17) is 23.2 Å². The van der Waals surface area contributed by atoms with Crippen LogP contribution in [0.5, 0.6) is 0 Å². The predicted octanol–water partition coefficient (Wildman–Crippen LogP) is 4.86. The van der Waals surface area contributed by atoms with Gasteiger partial charge in [0.05, 0.1) is 10.6 Å². The fourth-order valence-electron chi connectivity index (χ4n) is 2.40. The van der Waals surface area contributed by atoms with Crippen LogP contribution in [0, 0.1) is 0 Å². The van der Waals surface area contributed by atoms with Gasteiger partial charge in [-0.05, 0) is 29.7 Å². The van der Waals surface area contributed by atoms with E-state index in [-0.39, 0.29) is 21.9 Å². The number of aromatic carboxylic acids is 1. The maximum absolute atomic E-state index is 11.6. The molecule has 0 bridgehead atoms. The third-order valence-electron chi connectivity index (χ3n) is 3.37. The van der Waals surface area contributed by atoms with Gasteiger partial charge in [0.2, 0.25) is 0 Å². The number of carbonyl (C=O) groups is 2. The number of aromatic nitrogens is 1. The lowest BCUT2D eigenvalue weighted by Crippen LogP contribution is -2.01. The molecule has 0 aliphatic carbocycles. The summed E-state index contributed by atoms with van der Waals surface area (Å²) >= 11 is 13.4. The molecule has 0 aliphatic heterocycles. The smallest absolute Gasteiger partial charge is 0.352 e. The zero-order valence-electron chi connectivity index (χ0n) is 11.8. The number of rotatable bonds is 4. The second kappa shape index (κ2) is 6.32. The van der Waals surface area contributed by atoms with Crippen LogP contribution < -0.4 is 0 Å². The van der Waals surface area contributed by atoms with E-state index in [1.165, 1.54) is 29.5 Å². The number of aromatic amines is 1. The number of carboxylic acid groups (broad SMARTS) is 2. The van der Waals surface area contributed by atoms with Gasteiger partial charge in [0.25, 0.3) is 0 Å². The highest BCUT2D eigenvalue weighted by Gasteiger charge is 2.21. The van der Waals surface area contributed by atoms with E-state index >= 15 is 0 Å². The van der Waals surface area contributed by atoms with Crippen LogP contribution in [-0.4, -0.2) is 27.1 Å². The highest BCUT2D eigenvalue weighted by atomic mass is 35.5. The summed E-state index contributed by atoms with van der Waals surface area (Å²) in [5.74, 6) is -2.38. The minimum atomic E-state index is -1.22. The number of aliphatic carboxylic acids is 1. The zero-order valence-corrected chi connectivity index (χ0v) is 14.2. The van der Waals surface area contributed by atoms with E-state index in [0.29, 0.717) is 20.8 Å². The lowest BCUT2D eigenvalue weighted by Gasteiger charge is -2.02. The average Bonchev–Trinajstić information content (AvgIpc) is 3.11. The van der Waals surface area contributed by atoms with E-state index in [9.17, 15) is 19.8 Å². The van der Waals surface area contributed by atoms with Gasteiger partial charge >= 0.3 is 11.9 Å². The topological polar surface area (TPSA) is 90.4 Å². The van der Waals surface area contributed by atoms with E-state index in [1.807, 2.05) is 0 Å². The van der Waals surface area contributed by atoms with E-state index in [2.05, 4.69) is 4.98 Å². The molecular formula is C16H9Cl2NO4S. The molecule has 0 amide bonds. The van der Waals surface area contributed by atoms with E-state index in [0.717, 1.165) is 0 Å². The summed E-state index contributed by atoms with van der Waals surface area (Å²) in [6.45, 7) is 0. The summed E-state index contributed by atoms with van der Waals surface area (Å²) in [7, 11) is 0. The van der Waals surface area contributed by atoms with Gasteiger partial charge < -0.3 is 15.2 Å². The van der Waals surface area contributed by atoms with Gasteiger partial charge in [0.15, 0.2) is 0 Å². The van der Waals surface area contributed by atoms with Gasteiger partial charge in [-0.25, -0.2) is 9.59 Å². The number of thiophene rings is 1. The van der Waals surface area contributed by atoms with Crippen molar-refractivity contribution < 1.29 is 19.8 Å². The van der Waals surface area contributed by atoms with E-state index in [1.54, 1.807) is 17.5 Å². The van der Waals surface area contributed by atoms with Crippen molar-refractivity contribution in [3.05, 3.63) is 55.8 Å². The monoisotopic (exact) mass is 381 g/mol. The second-order valence-corrected chi connectivity index (χ2v) is 6.66. The Bertz CT molecular complexity index is 989. The molecule has 3 rings (SSSR count). The number of halogens is 2. The lowest BCUT2D eigenvalue weighted by molar-refractivity contribution is -0.130. The van der Waals surface area contributed by atoms with Crippen molar-refractivity contribution in [3.8, 4) is 0 Å². The van der Waals surface area contributed by atoms with Crippen LogP contribution in [0.3, 0.4) is 0 Å². The van der Waals surface area contributed by atoms with Crippen molar-refractivity contribution in [1.82, 2.24) is 4.98 Å². The molecule has 0 radical (unpaired) electrons. The van der Waals surface area contributed by atoms with Crippen LogP contribution in [0.2, 0.25) is 10.0 Å².